The molecule has 0 radical (unpaired) electrons. The fraction of sp³-hybridized carbons (Fsp3) is 1.00. The number of piperazine rings is 1. The first-order valence-electron chi connectivity index (χ1n) is 7.21. The highest BCUT2D eigenvalue weighted by atomic mass is 16.3. The van der Waals surface area contributed by atoms with Crippen LogP contribution in [0, 0.1) is 0 Å². The molecule has 1 heterocycles. The van der Waals surface area contributed by atoms with E-state index in [1.165, 1.54) is 6.42 Å². The molecule has 0 aromatic rings. The number of rotatable bonds is 6. The molecule has 0 bridgehead atoms. The summed E-state index contributed by atoms with van der Waals surface area (Å²) in [6.07, 6.45) is 1.19. The number of hydrogen-bond acceptors (Lipinski definition) is 4. The van der Waals surface area contributed by atoms with Crippen LogP contribution >= 0.6 is 0 Å². The minimum Gasteiger partial charge on any atom is -0.394 e. The number of nitrogens with one attached hydrogen (secondary N) is 1. The second-order valence-electron chi connectivity index (χ2n) is 6.30. The van der Waals surface area contributed by atoms with Gasteiger partial charge in [0, 0.05) is 38.3 Å². The van der Waals surface area contributed by atoms with Crippen molar-refractivity contribution < 1.29 is 5.11 Å². The Bertz CT molecular complexity index is 247. The third kappa shape index (κ3) is 4.50. The molecule has 0 aromatic heterocycles. The zero-order chi connectivity index (χ0) is 13.8. The third-order valence-electron chi connectivity index (χ3n) is 3.89. The van der Waals surface area contributed by atoms with E-state index in [-0.39, 0.29) is 12.1 Å². The summed E-state index contributed by atoms with van der Waals surface area (Å²) in [5.74, 6) is 0. The Hall–Kier alpha value is -0.160. The van der Waals surface area contributed by atoms with E-state index < -0.39 is 0 Å². The van der Waals surface area contributed by atoms with E-state index in [2.05, 4.69) is 49.9 Å². The molecule has 0 amide bonds. The second kappa shape index (κ2) is 6.85. The molecule has 2 N–H and O–H groups in total. The van der Waals surface area contributed by atoms with E-state index in [0.717, 1.165) is 26.2 Å². The van der Waals surface area contributed by atoms with Crippen molar-refractivity contribution in [3.63, 3.8) is 0 Å². The van der Waals surface area contributed by atoms with Gasteiger partial charge in [-0.3, -0.25) is 4.90 Å². The largest absolute Gasteiger partial charge is 0.394 e. The molecule has 1 saturated heterocycles. The van der Waals surface area contributed by atoms with E-state index >= 15 is 0 Å². The van der Waals surface area contributed by atoms with Gasteiger partial charge in [0.15, 0.2) is 0 Å². The van der Waals surface area contributed by atoms with Crippen LogP contribution in [0.2, 0.25) is 0 Å². The zero-order valence-electron chi connectivity index (χ0n) is 12.7. The predicted molar refractivity (Wildman–Crippen MR) is 76.9 cm³/mol. The molecule has 1 aliphatic heterocycles. The van der Waals surface area contributed by atoms with Crippen molar-refractivity contribution in [2.45, 2.75) is 51.7 Å². The molecule has 0 aromatic carbocycles. The van der Waals surface area contributed by atoms with E-state index in [9.17, 15) is 5.11 Å². The smallest absolute Gasteiger partial charge is 0.0623 e. The van der Waals surface area contributed by atoms with Crippen LogP contribution in [0.5, 0.6) is 0 Å². The first-order chi connectivity index (χ1) is 8.40. The fourth-order valence-electron chi connectivity index (χ4n) is 2.93. The maximum atomic E-state index is 9.64. The number of likely N-dealkylation sites (N-methyl/N-ethyl adjacent to an activating group) is 1. The predicted octanol–water partition coefficient (Wildman–Crippen LogP) is 0.761. The molecule has 0 spiro atoms. The highest BCUT2D eigenvalue weighted by Gasteiger charge is 2.30. The topological polar surface area (TPSA) is 38.7 Å². The molecule has 0 aliphatic carbocycles. The molecular weight excluding hydrogens is 226 g/mol. The summed E-state index contributed by atoms with van der Waals surface area (Å²) in [7, 11) is 2.21. The number of aliphatic hydroxyl groups is 1. The van der Waals surface area contributed by atoms with E-state index in [1.807, 2.05) is 0 Å². The van der Waals surface area contributed by atoms with Crippen LogP contribution in [0.3, 0.4) is 0 Å². The van der Waals surface area contributed by atoms with Crippen molar-refractivity contribution in [3.05, 3.63) is 0 Å². The summed E-state index contributed by atoms with van der Waals surface area (Å²) in [5.41, 5.74) is -0.192. The van der Waals surface area contributed by atoms with Crippen LogP contribution < -0.4 is 5.32 Å². The van der Waals surface area contributed by atoms with Gasteiger partial charge in [0.05, 0.1) is 12.1 Å². The SMILES string of the molecule is CCC1CN(CC(C)(CO)NC(C)C)CCN1C. The van der Waals surface area contributed by atoms with Crippen molar-refractivity contribution in [2.75, 3.05) is 39.8 Å². The van der Waals surface area contributed by atoms with Gasteiger partial charge in [0.25, 0.3) is 0 Å². The molecule has 1 aliphatic rings. The minimum atomic E-state index is -0.192. The Kier molecular flexibility index (Phi) is 6.05. The lowest BCUT2D eigenvalue weighted by Crippen LogP contribution is -2.60. The van der Waals surface area contributed by atoms with Crippen LogP contribution in [0.25, 0.3) is 0 Å². The molecule has 1 fully saturated rings. The van der Waals surface area contributed by atoms with E-state index in [0.29, 0.717) is 12.1 Å². The monoisotopic (exact) mass is 257 g/mol. The summed E-state index contributed by atoms with van der Waals surface area (Å²) >= 11 is 0. The van der Waals surface area contributed by atoms with Gasteiger partial charge in [-0.1, -0.05) is 20.8 Å². The van der Waals surface area contributed by atoms with E-state index in [4.69, 9.17) is 0 Å². The molecular formula is C14H31N3O. The van der Waals surface area contributed by atoms with Gasteiger partial charge in [-0.2, -0.15) is 0 Å². The first kappa shape index (κ1) is 15.9. The Balaban J connectivity index is 2.54. The van der Waals surface area contributed by atoms with Crippen molar-refractivity contribution in [2.24, 2.45) is 0 Å². The highest BCUT2D eigenvalue weighted by molar-refractivity contribution is 4.90. The Labute approximate surface area is 112 Å². The lowest BCUT2D eigenvalue weighted by atomic mass is 10.00. The van der Waals surface area contributed by atoms with Gasteiger partial charge in [0.1, 0.15) is 0 Å². The molecule has 2 atom stereocenters. The molecule has 2 unspecified atom stereocenters. The van der Waals surface area contributed by atoms with Crippen LogP contribution in [0.4, 0.5) is 0 Å². The molecule has 4 heteroatoms. The van der Waals surface area contributed by atoms with Gasteiger partial charge in [-0.05, 0) is 20.4 Å². The third-order valence-corrected chi connectivity index (χ3v) is 3.89. The quantitative estimate of drug-likeness (QED) is 0.737. The van der Waals surface area contributed by atoms with Gasteiger partial charge >= 0.3 is 0 Å². The van der Waals surface area contributed by atoms with Gasteiger partial charge in [-0.15, -0.1) is 0 Å². The van der Waals surface area contributed by atoms with Gasteiger partial charge < -0.3 is 15.3 Å². The van der Waals surface area contributed by atoms with Crippen molar-refractivity contribution in [1.29, 1.82) is 0 Å². The van der Waals surface area contributed by atoms with Crippen LogP contribution in [-0.4, -0.2) is 72.4 Å². The lowest BCUT2D eigenvalue weighted by Gasteiger charge is -2.43. The van der Waals surface area contributed by atoms with E-state index in [1.54, 1.807) is 0 Å². The molecule has 4 nitrogen and oxygen atoms in total. The Morgan fingerprint density at radius 1 is 1.39 bits per heavy atom. The maximum Gasteiger partial charge on any atom is 0.0623 e. The number of nitrogens with zero attached hydrogens (tertiary/aromatic N) is 2. The maximum absolute atomic E-state index is 9.64. The van der Waals surface area contributed by atoms with Crippen molar-refractivity contribution >= 4 is 0 Å². The number of hydrogen-bond donors (Lipinski definition) is 2. The van der Waals surface area contributed by atoms with Crippen LogP contribution in [0.15, 0.2) is 0 Å². The summed E-state index contributed by atoms with van der Waals surface area (Å²) in [4.78, 5) is 4.93. The average Bonchev–Trinajstić information content (AvgIpc) is 2.30. The normalized spacial score (nSPS) is 26.5. The summed E-state index contributed by atoms with van der Waals surface area (Å²) in [5, 5.41) is 13.1. The van der Waals surface area contributed by atoms with Crippen LogP contribution in [-0.2, 0) is 0 Å². The Morgan fingerprint density at radius 3 is 2.56 bits per heavy atom. The van der Waals surface area contributed by atoms with Crippen LogP contribution in [0.1, 0.15) is 34.1 Å². The number of aliphatic hydroxyl groups excluding tert-OH is 1. The summed E-state index contributed by atoms with van der Waals surface area (Å²) in [6.45, 7) is 13.1. The van der Waals surface area contributed by atoms with Gasteiger partial charge in [0.2, 0.25) is 0 Å². The minimum absolute atomic E-state index is 0.189. The zero-order valence-corrected chi connectivity index (χ0v) is 12.7. The Morgan fingerprint density at radius 2 is 2.06 bits per heavy atom. The summed E-state index contributed by atoms with van der Waals surface area (Å²) in [6, 6.07) is 1.05. The van der Waals surface area contributed by atoms with Crippen molar-refractivity contribution in [3.8, 4) is 0 Å². The summed E-state index contributed by atoms with van der Waals surface area (Å²) < 4.78 is 0. The average molecular weight is 257 g/mol. The molecule has 108 valence electrons. The van der Waals surface area contributed by atoms with Crippen molar-refractivity contribution in [1.82, 2.24) is 15.1 Å². The highest BCUT2D eigenvalue weighted by Crippen LogP contribution is 2.14. The molecule has 0 saturated carbocycles. The molecule has 18 heavy (non-hydrogen) atoms. The molecule has 1 rings (SSSR count). The lowest BCUT2D eigenvalue weighted by molar-refractivity contribution is 0.0526. The first-order valence-corrected chi connectivity index (χ1v) is 7.21. The standard InChI is InChI=1S/C14H31N3O/c1-6-13-9-17(8-7-16(13)5)10-14(4,11-18)15-12(2)3/h12-13,15,18H,6-11H2,1-5H3. The fourth-order valence-corrected chi connectivity index (χ4v) is 2.93. The van der Waals surface area contributed by atoms with Gasteiger partial charge in [-0.25, -0.2) is 0 Å². The second-order valence-corrected chi connectivity index (χ2v) is 6.30.